The molecule has 2 aromatic carbocycles. The molecule has 2 aliphatic heterocycles. The SMILES string of the molecule is CC(C(=O)Nc1nnc(CN2C(=O)c3ccccc3C2=O)s1)N1C(=O)c2ccccc2C1=O. The van der Waals surface area contributed by atoms with Crippen molar-refractivity contribution in [1.82, 2.24) is 20.0 Å². The lowest BCUT2D eigenvalue weighted by atomic mass is 10.1. The summed E-state index contributed by atoms with van der Waals surface area (Å²) in [7, 11) is 0. The van der Waals surface area contributed by atoms with E-state index in [1.54, 1.807) is 36.4 Å². The van der Waals surface area contributed by atoms with Gasteiger partial charge in [0, 0.05) is 0 Å². The average Bonchev–Trinajstić information content (AvgIpc) is 3.44. The smallest absolute Gasteiger partial charge is 0.262 e. The number of nitrogens with one attached hydrogen (secondary N) is 1. The van der Waals surface area contributed by atoms with Crippen LogP contribution in [0.3, 0.4) is 0 Å². The molecule has 0 fully saturated rings. The first-order valence-corrected chi connectivity index (χ1v) is 10.7. The summed E-state index contributed by atoms with van der Waals surface area (Å²) in [5.41, 5.74) is 1.16. The Morgan fingerprint density at radius 3 is 1.85 bits per heavy atom. The number of amides is 5. The maximum absolute atomic E-state index is 12.7. The van der Waals surface area contributed by atoms with Crippen molar-refractivity contribution < 1.29 is 24.0 Å². The van der Waals surface area contributed by atoms with Crippen LogP contribution >= 0.6 is 11.3 Å². The van der Waals surface area contributed by atoms with Crippen LogP contribution in [0, 0.1) is 0 Å². The van der Waals surface area contributed by atoms with E-state index in [9.17, 15) is 24.0 Å². The van der Waals surface area contributed by atoms with Gasteiger partial charge in [-0.05, 0) is 31.2 Å². The maximum Gasteiger partial charge on any atom is 0.262 e. The fourth-order valence-corrected chi connectivity index (χ4v) is 4.50. The van der Waals surface area contributed by atoms with Crippen LogP contribution in [-0.2, 0) is 11.3 Å². The molecule has 33 heavy (non-hydrogen) atoms. The zero-order valence-electron chi connectivity index (χ0n) is 17.1. The van der Waals surface area contributed by atoms with Crippen molar-refractivity contribution >= 4 is 46.0 Å². The first-order valence-electron chi connectivity index (χ1n) is 9.92. The molecule has 1 unspecified atom stereocenters. The van der Waals surface area contributed by atoms with E-state index < -0.39 is 35.6 Å². The third-order valence-electron chi connectivity index (χ3n) is 5.46. The van der Waals surface area contributed by atoms with Crippen molar-refractivity contribution in [3.8, 4) is 0 Å². The van der Waals surface area contributed by atoms with Crippen molar-refractivity contribution in [3.05, 3.63) is 75.8 Å². The van der Waals surface area contributed by atoms with Crippen LogP contribution in [0.2, 0.25) is 0 Å². The molecule has 3 heterocycles. The first-order chi connectivity index (χ1) is 15.9. The number of fused-ring (bicyclic) bond motifs is 2. The van der Waals surface area contributed by atoms with Gasteiger partial charge in [0.05, 0.1) is 28.8 Å². The summed E-state index contributed by atoms with van der Waals surface area (Å²) in [6.07, 6.45) is 0. The second-order valence-electron chi connectivity index (χ2n) is 7.43. The van der Waals surface area contributed by atoms with E-state index in [0.717, 1.165) is 21.1 Å². The van der Waals surface area contributed by atoms with Gasteiger partial charge in [0.15, 0.2) is 0 Å². The predicted molar refractivity (Wildman–Crippen MR) is 116 cm³/mol. The minimum Gasteiger partial charge on any atom is -0.299 e. The van der Waals surface area contributed by atoms with Crippen LogP contribution in [0.25, 0.3) is 0 Å². The molecular weight excluding hydrogens is 446 g/mol. The third kappa shape index (κ3) is 3.29. The molecule has 5 amide bonds. The van der Waals surface area contributed by atoms with Crippen LogP contribution < -0.4 is 5.32 Å². The number of hydrogen-bond donors (Lipinski definition) is 1. The van der Waals surface area contributed by atoms with Crippen LogP contribution in [0.4, 0.5) is 5.13 Å². The normalized spacial score (nSPS) is 15.7. The predicted octanol–water partition coefficient (Wildman–Crippen LogP) is 1.96. The molecule has 0 radical (unpaired) electrons. The quantitative estimate of drug-likeness (QED) is 0.575. The van der Waals surface area contributed by atoms with Gasteiger partial charge < -0.3 is 0 Å². The molecule has 1 atom stereocenters. The van der Waals surface area contributed by atoms with Crippen molar-refractivity contribution in [2.75, 3.05) is 5.32 Å². The molecule has 3 aromatic rings. The van der Waals surface area contributed by atoms with E-state index in [-0.39, 0.29) is 22.8 Å². The maximum atomic E-state index is 12.7. The summed E-state index contributed by atoms with van der Waals surface area (Å²) in [6, 6.07) is 11.8. The summed E-state index contributed by atoms with van der Waals surface area (Å²) in [4.78, 5) is 64.9. The standard InChI is InChI=1S/C22H15N5O5S/c1-11(27-20(31)14-8-4-5-9-15(14)21(27)32)17(28)23-22-25-24-16(33-22)10-26-18(29)12-6-2-3-7-13(12)19(26)30/h2-9,11H,10H2,1H3,(H,23,25,28). The van der Waals surface area contributed by atoms with Crippen molar-refractivity contribution in [1.29, 1.82) is 0 Å². The minimum absolute atomic E-state index is 0.0894. The van der Waals surface area contributed by atoms with E-state index in [2.05, 4.69) is 15.5 Å². The monoisotopic (exact) mass is 461 g/mol. The molecule has 0 bridgehead atoms. The van der Waals surface area contributed by atoms with Gasteiger partial charge in [0.25, 0.3) is 23.6 Å². The second-order valence-corrected chi connectivity index (χ2v) is 8.50. The number of aromatic nitrogens is 2. The number of hydrogen-bond acceptors (Lipinski definition) is 8. The Labute approximate surface area is 190 Å². The topological polar surface area (TPSA) is 130 Å². The Morgan fingerprint density at radius 1 is 0.848 bits per heavy atom. The van der Waals surface area contributed by atoms with Crippen LogP contribution in [0.5, 0.6) is 0 Å². The van der Waals surface area contributed by atoms with Gasteiger partial charge in [-0.25, -0.2) is 0 Å². The largest absolute Gasteiger partial charge is 0.299 e. The van der Waals surface area contributed by atoms with Gasteiger partial charge >= 0.3 is 0 Å². The van der Waals surface area contributed by atoms with Gasteiger partial charge in [-0.2, -0.15) is 0 Å². The highest BCUT2D eigenvalue weighted by Crippen LogP contribution is 2.27. The van der Waals surface area contributed by atoms with Gasteiger partial charge in [0.2, 0.25) is 11.0 Å². The lowest BCUT2D eigenvalue weighted by Gasteiger charge is -2.20. The van der Waals surface area contributed by atoms with E-state index >= 15 is 0 Å². The average molecular weight is 461 g/mol. The molecule has 0 aliphatic carbocycles. The lowest BCUT2D eigenvalue weighted by Crippen LogP contribution is -2.45. The molecule has 1 aromatic heterocycles. The van der Waals surface area contributed by atoms with Gasteiger partial charge in [-0.1, -0.05) is 35.6 Å². The molecule has 0 spiro atoms. The molecule has 1 N–H and O–H groups in total. The van der Waals surface area contributed by atoms with Crippen molar-refractivity contribution in [2.24, 2.45) is 0 Å². The van der Waals surface area contributed by atoms with E-state index in [0.29, 0.717) is 16.1 Å². The van der Waals surface area contributed by atoms with E-state index in [1.165, 1.54) is 19.1 Å². The molecule has 2 aliphatic rings. The van der Waals surface area contributed by atoms with Gasteiger partial charge in [-0.3, -0.25) is 39.1 Å². The number of rotatable bonds is 5. The highest BCUT2D eigenvalue weighted by Gasteiger charge is 2.41. The molecular formula is C22H15N5O5S. The summed E-state index contributed by atoms with van der Waals surface area (Å²) in [5.74, 6) is -2.54. The number of carbonyl (C=O) groups excluding carboxylic acids is 5. The summed E-state index contributed by atoms with van der Waals surface area (Å²) >= 11 is 0.991. The molecule has 164 valence electrons. The van der Waals surface area contributed by atoms with Crippen LogP contribution in [0.15, 0.2) is 48.5 Å². The summed E-state index contributed by atoms with van der Waals surface area (Å²) in [5, 5.41) is 10.8. The second kappa shape index (κ2) is 7.71. The fourth-order valence-electron chi connectivity index (χ4n) is 3.77. The Morgan fingerprint density at radius 2 is 1.33 bits per heavy atom. The highest BCUT2D eigenvalue weighted by atomic mass is 32.1. The van der Waals surface area contributed by atoms with Gasteiger partial charge in [-0.15, -0.1) is 10.2 Å². The molecule has 5 rings (SSSR count). The third-order valence-corrected chi connectivity index (χ3v) is 6.28. The zero-order chi connectivity index (χ0) is 23.3. The Bertz CT molecular complexity index is 1300. The van der Waals surface area contributed by atoms with E-state index in [4.69, 9.17) is 0 Å². The molecule has 0 saturated carbocycles. The van der Waals surface area contributed by atoms with E-state index in [1.807, 2.05) is 0 Å². The minimum atomic E-state index is -1.08. The van der Waals surface area contributed by atoms with Crippen LogP contribution in [-0.4, -0.2) is 55.6 Å². The lowest BCUT2D eigenvalue weighted by molar-refractivity contribution is -0.119. The number of imide groups is 2. The Kier molecular flexibility index (Phi) is 4.82. The van der Waals surface area contributed by atoms with Crippen molar-refractivity contribution in [3.63, 3.8) is 0 Å². The van der Waals surface area contributed by atoms with Crippen molar-refractivity contribution in [2.45, 2.75) is 19.5 Å². The van der Waals surface area contributed by atoms with Crippen LogP contribution in [0.1, 0.15) is 53.4 Å². The fraction of sp³-hybridized carbons (Fsp3) is 0.136. The number of nitrogens with zero attached hydrogens (tertiary/aromatic N) is 4. The Balaban J connectivity index is 1.27. The zero-order valence-corrected chi connectivity index (χ0v) is 18.0. The number of benzene rings is 2. The molecule has 10 nitrogen and oxygen atoms in total. The highest BCUT2D eigenvalue weighted by molar-refractivity contribution is 7.15. The Hall–Kier alpha value is -4.25. The van der Waals surface area contributed by atoms with Gasteiger partial charge in [0.1, 0.15) is 11.0 Å². The number of carbonyl (C=O) groups is 5. The first kappa shape index (κ1) is 20.6. The molecule has 0 saturated heterocycles. The number of anilines is 1. The summed E-state index contributed by atoms with van der Waals surface area (Å²) < 4.78 is 0. The molecule has 11 heteroatoms. The summed E-state index contributed by atoms with van der Waals surface area (Å²) in [6.45, 7) is 1.35.